The molecule has 102 valence electrons. The molecule has 0 aliphatic carbocycles. The molecule has 0 fully saturated rings. The molecule has 0 aliphatic rings. The van der Waals surface area contributed by atoms with Crippen molar-refractivity contribution in [3.63, 3.8) is 0 Å². The standard InChI is InChI=1S/C12H20N2O3S/c1-5-17-12(15)10-8(13)9(16-4)11(18-10)14-6-7(2)3/h7,14H,5-6,13H2,1-4H3. The summed E-state index contributed by atoms with van der Waals surface area (Å²) in [5.41, 5.74) is 6.24. The zero-order valence-corrected chi connectivity index (χ0v) is 12.0. The van der Waals surface area contributed by atoms with E-state index in [-0.39, 0.29) is 0 Å². The van der Waals surface area contributed by atoms with Crippen LogP contribution in [0.15, 0.2) is 0 Å². The van der Waals surface area contributed by atoms with Crippen LogP contribution in [0.25, 0.3) is 0 Å². The SMILES string of the molecule is CCOC(=O)c1sc(NCC(C)C)c(OC)c1N. The molecule has 0 saturated heterocycles. The van der Waals surface area contributed by atoms with Gasteiger partial charge in [-0.05, 0) is 12.8 Å². The number of carbonyl (C=O) groups excluding carboxylic acids is 1. The Hall–Kier alpha value is -1.43. The maximum atomic E-state index is 11.7. The predicted octanol–water partition coefficient (Wildman–Crippen LogP) is 2.58. The van der Waals surface area contributed by atoms with Crippen LogP contribution >= 0.6 is 11.3 Å². The summed E-state index contributed by atoms with van der Waals surface area (Å²) in [6, 6.07) is 0. The van der Waals surface area contributed by atoms with E-state index in [9.17, 15) is 4.79 Å². The zero-order chi connectivity index (χ0) is 13.7. The van der Waals surface area contributed by atoms with Crippen LogP contribution in [-0.2, 0) is 4.74 Å². The number of methoxy groups -OCH3 is 1. The molecule has 1 aromatic heterocycles. The maximum Gasteiger partial charge on any atom is 0.350 e. The van der Waals surface area contributed by atoms with Gasteiger partial charge in [-0.25, -0.2) is 4.79 Å². The van der Waals surface area contributed by atoms with Gasteiger partial charge in [0.2, 0.25) is 0 Å². The van der Waals surface area contributed by atoms with Gasteiger partial charge in [0.15, 0.2) is 5.75 Å². The molecular weight excluding hydrogens is 252 g/mol. The summed E-state index contributed by atoms with van der Waals surface area (Å²) < 4.78 is 10.2. The summed E-state index contributed by atoms with van der Waals surface area (Å²) in [5.74, 6) is 0.601. The zero-order valence-electron chi connectivity index (χ0n) is 11.2. The molecule has 0 aliphatic heterocycles. The van der Waals surface area contributed by atoms with Crippen LogP contribution in [0.1, 0.15) is 30.4 Å². The number of ether oxygens (including phenoxy) is 2. The van der Waals surface area contributed by atoms with Gasteiger partial charge in [-0.3, -0.25) is 0 Å². The van der Waals surface area contributed by atoms with Crippen LogP contribution in [0.3, 0.4) is 0 Å². The topological polar surface area (TPSA) is 73.6 Å². The van der Waals surface area contributed by atoms with Gasteiger partial charge in [-0.2, -0.15) is 0 Å². The summed E-state index contributed by atoms with van der Waals surface area (Å²) >= 11 is 1.27. The van der Waals surface area contributed by atoms with Crippen LogP contribution in [0.5, 0.6) is 5.75 Å². The Morgan fingerprint density at radius 3 is 2.67 bits per heavy atom. The van der Waals surface area contributed by atoms with E-state index in [1.165, 1.54) is 18.4 Å². The van der Waals surface area contributed by atoms with E-state index in [1.54, 1.807) is 6.92 Å². The summed E-state index contributed by atoms with van der Waals surface area (Å²) in [4.78, 5) is 12.1. The van der Waals surface area contributed by atoms with Gasteiger partial charge in [0.1, 0.15) is 15.6 Å². The third-order valence-electron chi connectivity index (χ3n) is 2.24. The van der Waals surface area contributed by atoms with Crippen molar-refractivity contribution in [3.8, 4) is 5.75 Å². The highest BCUT2D eigenvalue weighted by atomic mass is 32.1. The molecule has 1 heterocycles. The lowest BCUT2D eigenvalue weighted by molar-refractivity contribution is 0.0533. The molecule has 0 bridgehead atoms. The molecule has 1 aromatic rings. The van der Waals surface area contributed by atoms with Crippen LogP contribution in [0, 0.1) is 5.92 Å². The van der Waals surface area contributed by atoms with E-state index in [0.29, 0.717) is 28.8 Å². The molecule has 0 amide bonds. The van der Waals surface area contributed by atoms with Gasteiger partial charge in [0.05, 0.1) is 13.7 Å². The Labute approximate surface area is 111 Å². The monoisotopic (exact) mass is 272 g/mol. The Bertz CT molecular complexity index is 416. The summed E-state index contributed by atoms with van der Waals surface area (Å²) in [7, 11) is 1.54. The van der Waals surface area contributed by atoms with Crippen molar-refractivity contribution in [2.24, 2.45) is 5.92 Å². The average Bonchev–Trinajstić information content (AvgIpc) is 2.63. The van der Waals surface area contributed by atoms with E-state index in [1.807, 2.05) is 0 Å². The average molecular weight is 272 g/mol. The van der Waals surface area contributed by atoms with Crippen molar-refractivity contribution in [3.05, 3.63) is 4.88 Å². The van der Waals surface area contributed by atoms with Gasteiger partial charge < -0.3 is 20.5 Å². The third-order valence-corrected chi connectivity index (χ3v) is 3.36. The molecule has 0 unspecified atom stereocenters. The quantitative estimate of drug-likeness (QED) is 0.779. The lowest BCUT2D eigenvalue weighted by Crippen LogP contribution is -2.07. The van der Waals surface area contributed by atoms with Crippen LogP contribution in [0.2, 0.25) is 0 Å². The molecule has 0 spiro atoms. The second-order valence-electron chi connectivity index (χ2n) is 4.20. The van der Waals surface area contributed by atoms with Crippen LogP contribution < -0.4 is 15.8 Å². The Balaban J connectivity index is 2.97. The van der Waals surface area contributed by atoms with Crippen molar-refractivity contribution in [2.75, 3.05) is 31.3 Å². The van der Waals surface area contributed by atoms with Crippen molar-refractivity contribution >= 4 is 28.0 Å². The summed E-state index contributed by atoms with van der Waals surface area (Å²) in [6.45, 7) is 7.08. The number of esters is 1. The molecule has 1 rings (SSSR count). The fourth-order valence-corrected chi connectivity index (χ4v) is 2.38. The lowest BCUT2D eigenvalue weighted by atomic mass is 10.2. The second-order valence-corrected chi connectivity index (χ2v) is 5.22. The molecule has 5 nitrogen and oxygen atoms in total. The minimum Gasteiger partial charge on any atom is -0.492 e. The number of nitrogen functional groups attached to an aromatic ring is 1. The van der Waals surface area contributed by atoms with E-state index in [2.05, 4.69) is 19.2 Å². The minimum absolute atomic E-state index is 0.327. The first kappa shape index (κ1) is 14.6. The minimum atomic E-state index is -0.407. The van der Waals surface area contributed by atoms with Gasteiger partial charge in [0.25, 0.3) is 0 Å². The molecule has 0 saturated carbocycles. The number of anilines is 2. The van der Waals surface area contributed by atoms with E-state index < -0.39 is 5.97 Å². The largest absolute Gasteiger partial charge is 0.492 e. The van der Waals surface area contributed by atoms with Crippen molar-refractivity contribution in [1.82, 2.24) is 0 Å². The van der Waals surface area contributed by atoms with Crippen molar-refractivity contribution < 1.29 is 14.3 Å². The highest BCUT2D eigenvalue weighted by Gasteiger charge is 2.22. The highest BCUT2D eigenvalue weighted by Crippen LogP contribution is 2.42. The van der Waals surface area contributed by atoms with E-state index in [4.69, 9.17) is 15.2 Å². The normalized spacial score (nSPS) is 10.5. The number of nitrogens with one attached hydrogen (secondary N) is 1. The lowest BCUT2D eigenvalue weighted by Gasteiger charge is -2.08. The highest BCUT2D eigenvalue weighted by molar-refractivity contribution is 7.19. The fraction of sp³-hybridized carbons (Fsp3) is 0.583. The molecule has 0 atom stereocenters. The Morgan fingerprint density at radius 1 is 1.50 bits per heavy atom. The second kappa shape index (κ2) is 6.49. The number of hydrogen-bond acceptors (Lipinski definition) is 6. The van der Waals surface area contributed by atoms with E-state index in [0.717, 1.165) is 11.5 Å². The first-order valence-corrected chi connectivity index (χ1v) is 6.70. The van der Waals surface area contributed by atoms with E-state index >= 15 is 0 Å². The summed E-state index contributed by atoms with van der Waals surface area (Å²) in [6.07, 6.45) is 0. The van der Waals surface area contributed by atoms with Crippen molar-refractivity contribution in [2.45, 2.75) is 20.8 Å². The molecular formula is C12H20N2O3S. The van der Waals surface area contributed by atoms with Gasteiger partial charge in [0, 0.05) is 6.54 Å². The molecule has 3 N–H and O–H groups in total. The van der Waals surface area contributed by atoms with Crippen LogP contribution in [-0.4, -0.2) is 26.2 Å². The van der Waals surface area contributed by atoms with Crippen LogP contribution in [0.4, 0.5) is 10.7 Å². The third kappa shape index (κ3) is 3.29. The fourth-order valence-electron chi connectivity index (χ4n) is 1.39. The van der Waals surface area contributed by atoms with Gasteiger partial charge >= 0.3 is 5.97 Å². The van der Waals surface area contributed by atoms with Gasteiger partial charge in [-0.15, -0.1) is 11.3 Å². The first-order chi connectivity index (χ1) is 8.51. The molecule has 0 aromatic carbocycles. The molecule has 18 heavy (non-hydrogen) atoms. The number of thiophene rings is 1. The van der Waals surface area contributed by atoms with Gasteiger partial charge in [-0.1, -0.05) is 13.8 Å². The first-order valence-electron chi connectivity index (χ1n) is 5.88. The molecule has 6 heteroatoms. The number of hydrogen-bond donors (Lipinski definition) is 2. The summed E-state index contributed by atoms with van der Waals surface area (Å²) in [5, 5.41) is 4.00. The van der Waals surface area contributed by atoms with Crippen molar-refractivity contribution in [1.29, 1.82) is 0 Å². The number of rotatable bonds is 6. The number of carbonyl (C=O) groups is 1. The predicted molar refractivity (Wildman–Crippen MR) is 74.6 cm³/mol. The smallest absolute Gasteiger partial charge is 0.350 e. The Morgan fingerprint density at radius 2 is 2.17 bits per heavy atom. The number of nitrogens with two attached hydrogens (primary N) is 1. The molecule has 0 radical (unpaired) electrons. The maximum absolute atomic E-state index is 11.7. The Kier molecular flexibility index (Phi) is 5.27.